The molecule has 5 nitrogen and oxygen atoms in total. The first-order valence-electron chi connectivity index (χ1n) is 7.42. The van der Waals surface area contributed by atoms with Crippen LogP contribution in [0.25, 0.3) is 0 Å². The predicted molar refractivity (Wildman–Crippen MR) is 79.6 cm³/mol. The minimum Gasteiger partial charge on any atom is -0.464 e. The maximum atomic E-state index is 11.6. The zero-order valence-corrected chi connectivity index (χ0v) is 12.2. The second kappa shape index (κ2) is 5.85. The number of nitrogens with zero attached hydrogens (tertiary/aromatic N) is 2. The summed E-state index contributed by atoms with van der Waals surface area (Å²) in [4.78, 5) is 27.4. The summed E-state index contributed by atoms with van der Waals surface area (Å²) >= 11 is 0. The minimum atomic E-state index is -0.0748. The SMILES string of the molecule is CC(=O)c1ccc(N2CCN([C@H]3CCOC3=O)CC2)cc1. The number of piperazine rings is 1. The van der Waals surface area contributed by atoms with Gasteiger partial charge in [-0.3, -0.25) is 14.5 Å². The van der Waals surface area contributed by atoms with Gasteiger partial charge < -0.3 is 9.64 Å². The molecule has 0 spiro atoms. The van der Waals surface area contributed by atoms with E-state index in [1.54, 1.807) is 6.92 Å². The van der Waals surface area contributed by atoms with Crippen LogP contribution in [-0.2, 0) is 9.53 Å². The van der Waals surface area contributed by atoms with Crippen LogP contribution in [0.2, 0.25) is 0 Å². The van der Waals surface area contributed by atoms with E-state index in [0.717, 1.165) is 43.9 Å². The van der Waals surface area contributed by atoms with E-state index in [0.29, 0.717) is 6.61 Å². The van der Waals surface area contributed by atoms with Crippen LogP contribution < -0.4 is 4.90 Å². The summed E-state index contributed by atoms with van der Waals surface area (Å²) in [6.45, 7) is 5.65. The smallest absolute Gasteiger partial charge is 0.323 e. The van der Waals surface area contributed by atoms with Crippen LogP contribution in [-0.4, -0.2) is 55.5 Å². The first-order chi connectivity index (χ1) is 10.1. The van der Waals surface area contributed by atoms with Crippen molar-refractivity contribution in [3.8, 4) is 0 Å². The normalized spacial score (nSPS) is 23.2. The largest absolute Gasteiger partial charge is 0.464 e. The van der Waals surface area contributed by atoms with Crippen LogP contribution in [0.5, 0.6) is 0 Å². The molecule has 0 aliphatic carbocycles. The van der Waals surface area contributed by atoms with Gasteiger partial charge in [0.15, 0.2) is 5.78 Å². The lowest BCUT2D eigenvalue weighted by Gasteiger charge is -2.37. The fourth-order valence-corrected chi connectivity index (χ4v) is 3.02. The van der Waals surface area contributed by atoms with Crippen LogP contribution >= 0.6 is 0 Å². The zero-order valence-electron chi connectivity index (χ0n) is 12.2. The molecule has 0 aromatic heterocycles. The summed E-state index contributed by atoms with van der Waals surface area (Å²) < 4.78 is 5.04. The number of carbonyl (C=O) groups is 2. The molecule has 2 aliphatic heterocycles. The second-order valence-electron chi connectivity index (χ2n) is 5.60. The third-order valence-corrected chi connectivity index (χ3v) is 4.30. The van der Waals surface area contributed by atoms with Crippen molar-refractivity contribution < 1.29 is 14.3 Å². The Labute approximate surface area is 124 Å². The monoisotopic (exact) mass is 288 g/mol. The molecule has 0 amide bonds. The van der Waals surface area contributed by atoms with Crippen molar-refractivity contribution in [3.05, 3.63) is 29.8 Å². The molecule has 0 saturated carbocycles. The van der Waals surface area contributed by atoms with E-state index in [9.17, 15) is 9.59 Å². The fraction of sp³-hybridized carbons (Fsp3) is 0.500. The molecule has 0 bridgehead atoms. The molecule has 2 heterocycles. The van der Waals surface area contributed by atoms with Crippen LogP contribution in [0.15, 0.2) is 24.3 Å². The molecule has 1 atom stereocenters. The van der Waals surface area contributed by atoms with Gasteiger partial charge in [-0.15, -0.1) is 0 Å². The van der Waals surface area contributed by atoms with Crippen molar-refractivity contribution in [2.24, 2.45) is 0 Å². The molecule has 0 N–H and O–H groups in total. The molecule has 1 aromatic carbocycles. The maximum Gasteiger partial charge on any atom is 0.323 e. The van der Waals surface area contributed by atoms with Crippen LogP contribution in [0.3, 0.4) is 0 Å². The molecule has 5 heteroatoms. The van der Waals surface area contributed by atoms with Gasteiger partial charge in [0.05, 0.1) is 6.61 Å². The van der Waals surface area contributed by atoms with Gasteiger partial charge in [0, 0.05) is 43.9 Å². The van der Waals surface area contributed by atoms with Gasteiger partial charge in [-0.25, -0.2) is 0 Å². The topological polar surface area (TPSA) is 49.9 Å². The first kappa shape index (κ1) is 14.1. The number of cyclic esters (lactones) is 1. The third-order valence-electron chi connectivity index (χ3n) is 4.30. The van der Waals surface area contributed by atoms with Crippen molar-refractivity contribution in [1.29, 1.82) is 0 Å². The highest BCUT2D eigenvalue weighted by molar-refractivity contribution is 5.94. The Morgan fingerprint density at radius 2 is 1.81 bits per heavy atom. The summed E-state index contributed by atoms with van der Waals surface area (Å²) in [5.41, 5.74) is 1.87. The third kappa shape index (κ3) is 2.93. The number of hydrogen-bond acceptors (Lipinski definition) is 5. The lowest BCUT2D eigenvalue weighted by Crippen LogP contribution is -2.51. The Balaban J connectivity index is 1.60. The summed E-state index contributed by atoms with van der Waals surface area (Å²) in [6, 6.07) is 7.69. The number of rotatable bonds is 3. The average molecular weight is 288 g/mol. The van der Waals surface area contributed by atoms with Gasteiger partial charge in [0.2, 0.25) is 0 Å². The predicted octanol–water partition coefficient (Wildman–Crippen LogP) is 1.33. The van der Waals surface area contributed by atoms with E-state index < -0.39 is 0 Å². The van der Waals surface area contributed by atoms with E-state index in [1.165, 1.54) is 0 Å². The van der Waals surface area contributed by atoms with Gasteiger partial charge in [-0.05, 0) is 31.2 Å². The number of esters is 1. The molecule has 21 heavy (non-hydrogen) atoms. The molecule has 2 saturated heterocycles. The van der Waals surface area contributed by atoms with E-state index in [2.05, 4.69) is 9.80 Å². The van der Waals surface area contributed by atoms with Gasteiger partial charge in [-0.1, -0.05) is 0 Å². The van der Waals surface area contributed by atoms with Gasteiger partial charge in [0.25, 0.3) is 0 Å². The summed E-state index contributed by atoms with van der Waals surface area (Å²) in [7, 11) is 0. The lowest BCUT2D eigenvalue weighted by atomic mass is 10.1. The minimum absolute atomic E-state index is 0.0489. The molecule has 3 rings (SSSR count). The molecular formula is C16H20N2O3. The van der Waals surface area contributed by atoms with Crippen LogP contribution in [0.4, 0.5) is 5.69 Å². The summed E-state index contributed by atoms with van der Waals surface area (Å²) in [5.74, 6) is 0.0142. The van der Waals surface area contributed by atoms with Crippen molar-refractivity contribution in [1.82, 2.24) is 4.90 Å². The highest BCUT2D eigenvalue weighted by Crippen LogP contribution is 2.21. The van der Waals surface area contributed by atoms with Crippen molar-refractivity contribution in [2.45, 2.75) is 19.4 Å². The zero-order chi connectivity index (χ0) is 14.8. The van der Waals surface area contributed by atoms with Gasteiger partial charge in [0.1, 0.15) is 6.04 Å². The average Bonchev–Trinajstić information content (AvgIpc) is 2.94. The summed E-state index contributed by atoms with van der Waals surface area (Å²) in [6.07, 6.45) is 0.812. The quantitative estimate of drug-likeness (QED) is 0.620. The Bertz CT molecular complexity index is 533. The maximum absolute atomic E-state index is 11.6. The van der Waals surface area contributed by atoms with E-state index in [4.69, 9.17) is 4.74 Å². The lowest BCUT2D eigenvalue weighted by molar-refractivity contribution is -0.142. The molecule has 0 unspecified atom stereocenters. The van der Waals surface area contributed by atoms with Gasteiger partial charge in [-0.2, -0.15) is 0 Å². The van der Waals surface area contributed by atoms with Crippen LogP contribution in [0, 0.1) is 0 Å². The number of ketones is 1. The highest BCUT2D eigenvalue weighted by Gasteiger charge is 2.33. The molecular weight excluding hydrogens is 268 g/mol. The van der Waals surface area contributed by atoms with Crippen LogP contribution in [0.1, 0.15) is 23.7 Å². The molecule has 0 radical (unpaired) electrons. The number of anilines is 1. The Morgan fingerprint density at radius 3 is 2.33 bits per heavy atom. The van der Waals surface area contributed by atoms with E-state index in [1.807, 2.05) is 24.3 Å². The Kier molecular flexibility index (Phi) is 3.92. The molecule has 112 valence electrons. The number of hydrogen-bond donors (Lipinski definition) is 0. The second-order valence-corrected chi connectivity index (χ2v) is 5.60. The molecule has 2 fully saturated rings. The Hall–Kier alpha value is -1.88. The number of Topliss-reactive ketones (excluding diaryl/α,β-unsaturated/α-hetero) is 1. The molecule has 2 aliphatic rings. The number of carbonyl (C=O) groups excluding carboxylic acids is 2. The van der Waals surface area contributed by atoms with E-state index >= 15 is 0 Å². The Morgan fingerprint density at radius 1 is 1.14 bits per heavy atom. The fourth-order valence-electron chi connectivity index (χ4n) is 3.02. The summed E-state index contributed by atoms with van der Waals surface area (Å²) in [5, 5.41) is 0. The first-order valence-corrected chi connectivity index (χ1v) is 7.42. The van der Waals surface area contributed by atoms with E-state index in [-0.39, 0.29) is 17.8 Å². The highest BCUT2D eigenvalue weighted by atomic mass is 16.5. The van der Waals surface area contributed by atoms with Gasteiger partial charge >= 0.3 is 5.97 Å². The number of benzene rings is 1. The van der Waals surface area contributed by atoms with Crippen molar-refractivity contribution >= 4 is 17.4 Å². The van der Waals surface area contributed by atoms with Crippen molar-refractivity contribution in [2.75, 3.05) is 37.7 Å². The van der Waals surface area contributed by atoms with Crippen molar-refractivity contribution in [3.63, 3.8) is 0 Å². The molecule has 1 aromatic rings. The standard InChI is InChI=1S/C16H20N2O3/c1-12(19)13-2-4-14(5-3-13)17-7-9-18(10-8-17)15-6-11-21-16(15)20/h2-5,15H,6-11H2,1H3/t15-/m0/s1. The number of ether oxygens (including phenoxy) is 1.